The molecule has 0 spiro atoms. The summed E-state index contributed by atoms with van der Waals surface area (Å²) in [5, 5.41) is 3.27. The van der Waals surface area contributed by atoms with Crippen LogP contribution in [0.25, 0.3) is 0 Å². The Kier molecular flexibility index (Phi) is 4.50. The van der Waals surface area contributed by atoms with Crippen molar-refractivity contribution in [2.24, 2.45) is 0 Å². The molecule has 1 aliphatic rings. The monoisotopic (exact) mass is 286 g/mol. The summed E-state index contributed by atoms with van der Waals surface area (Å²) in [5.74, 6) is 0.857. The second kappa shape index (κ2) is 6.12. The van der Waals surface area contributed by atoms with Crippen LogP contribution in [0.3, 0.4) is 0 Å². The van der Waals surface area contributed by atoms with Crippen LogP contribution in [0.5, 0.6) is 0 Å². The second-order valence-electron chi connectivity index (χ2n) is 3.61. The molecule has 1 fully saturated rings. The number of morpholine rings is 1. The van der Waals surface area contributed by atoms with E-state index < -0.39 is 0 Å². The van der Waals surface area contributed by atoms with Gasteiger partial charge in [0.1, 0.15) is 16.7 Å². The number of hydrogen-bond donors (Lipinski definition) is 1. The lowest BCUT2D eigenvalue weighted by Gasteiger charge is -2.26. The van der Waals surface area contributed by atoms with Crippen LogP contribution in [0, 0.1) is 0 Å². The van der Waals surface area contributed by atoms with Crippen molar-refractivity contribution in [1.82, 2.24) is 14.9 Å². The lowest BCUT2D eigenvalue weighted by Crippen LogP contribution is -2.39. The quantitative estimate of drug-likeness (QED) is 0.837. The predicted octanol–water partition coefficient (Wildman–Crippen LogP) is 0.983. The molecule has 1 saturated heterocycles. The van der Waals surface area contributed by atoms with Crippen molar-refractivity contribution in [3.05, 3.63) is 17.0 Å². The minimum atomic E-state index is 0.802. The summed E-state index contributed by atoms with van der Waals surface area (Å²) >= 11 is 3.31. The van der Waals surface area contributed by atoms with Crippen LogP contribution in [-0.2, 0) is 4.74 Å². The molecule has 88 valence electrons. The standard InChI is InChI=1S/C10H15BrN4O/c11-9-7-10(14-8-13-9)12-1-2-15-3-5-16-6-4-15/h7-8H,1-6H2,(H,12,13,14). The maximum Gasteiger partial charge on any atom is 0.130 e. The Morgan fingerprint density at radius 1 is 1.38 bits per heavy atom. The maximum atomic E-state index is 5.29. The van der Waals surface area contributed by atoms with Gasteiger partial charge in [0.15, 0.2) is 0 Å². The van der Waals surface area contributed by atoms with Gasteiger partial charge in [-0.25, -0.2) is 9.97 Å². The highest BCUT2D eigenvalue weighted by atomic mass is 79.9. The van der Waals surface area contributed by atoms with Gasteiger partial charge >= 0.3 is 0 Å². The molecular weight excluding hydrogens is 272 g/mol. The largest absolute Gasteiger partial charge is 0.379 e. The molecule has 0 unspecified atom stereocenters. The highest BCUT2D eigenvalue weighted by Gasteiger charge is 2.09. The first kappa shape index (κ1) is 11.8. The van der Waals surface area contributed by atoms with Gasteiger partial charge in [-0.15, -0.1) is 0 Å². The van der Waals surface area contributed by atoms with E-state index in [2.05, 4.69) is 36.1 Å². The zero-order chi connectivity index (χ0) is 11.2. The van der Waals surface area contributed by atoms with Gasteiger partial charge in [-0.2, -0.15) is 0 Å². The van der Waals surface area contributed by atoms with Crippen molar-refractivity contribution in [3.8, 4) is 0 Å². The number of anilines is 1. The first-order chi connectivity index (χ1) is 7.84. The molecular formula is C10H15BrN4O. The summed E-state index contributed by atoms with van der Waals surface area (Å²) in [5.41, 5.74) is 0. The first-order valence-corrected chi connectivity index (χ1v) is 6.15. The molecule has 1 N–H and O–H groups in total. The Morgan fingerprint density at radius 2 is 2.19 bits per heavy atom. The molecule has 1 aliphatic heterocycles. The summed E-state index contributed by atoms with van der Waals surface area (Å²) in [6.45, 7) is 5.65. The minimum absolute atomic E-state index is 0.802. The lowest BCUT2D eigenvalue weighted by atomic mass is 10.4. The van der Waals surface area contributed by atoms with E-state index in [1.54, 1.807) is 6.33 Å². The van der Waals surface area contributed by atoms with Crippen molar-refractivity contribution in [2.75, 3.05) is 44.7 Å². The third kappa shape index (κ3) is 3.70. The second-order valence-corrected chi connectivity index (χ2v) is 4.42. The van der Waals surface area contributed by atoms with Crippen LogP contribution >= 0.6 is 15.9 Å². The average Bonchev–Trinajstić information content (AvgIpc) is 2.30. The molecule has 16 heavy (non-hydrogen) atoms. The molecule has 6 heteroatoms. The fraction of sp³-hybridized carbons (Fsp3) is 0.600. The van der Waals surface area contributed by atoms with E-state index in [-0.39, 0.29) is 0 Å². The molecule has 0 amide bonds. The Bertz CT molecular complexity index is 330. The zero-order valence-electron chi connectivity index (χ0n) is 9.03. The van der Waals surface area contributed by atoms with E-state index in [0.29, 0.717) is 0 Å². The van der Waals surface area contributed by atoms with Gasteiger partial charge in [-0.1, -0.05) is 0 Å². The molecule has 1 aromatic rings. The van der Waals surface area contributed by atoms with Crippen molar-refractivity contribution in [1.29, 1.82) is 0 Å². The zero-order valence-corrected chi connectivity index (χ0v) is 10.6. The molecule has 0 aromatic carbocycles. The number of aromatic nitrogens is 2. The van der Waals surface area contributed by atoms with Gasteiger partial charge in [-0.3, -0.25) is 4.90 Å². The molecule has 0 radical (unpaired) electrons. The van der Waals surface area contributed by atoms with E-state index in [0.717, 1.165) is 49.8 Å². The van der Waals surface area contributed by atoms with Gasteiger partial charge in [0.05, 0.1) is 13.2 Å². The third-order valence-electron chi connectivity index (χ3n) is 2.47. The smallest absolute Gasteiger partial charge is 0.130 e. The van der Waals surface area contributed by atoms with Gasteiger partial charge in [0, 0.05) is 32.2 Å². The van der Waals surface area contributed by atoms with Crippen LogP contribution < -0.4 is 5.32 Å². The van der Waals surface area contributed by atoms with Crippen LogP contribution in [0.2, 0.25) is 0 Å². The molecule has 2 rings (SSSR count). The number of rotatable bonds is 4. The summed E-state index contributed by atoms with van der Waals surface area (Å²) < 4.78 is 6.09. The maximum absolute atomic E-state index is 5.29. The normalized spacial score (nSPS) is 17.3. The number of halogens is 1. The van der Waals surface area contributed by atoms with E-state index in [1.165, 1.54) is 0 Å². The van der Waals surface area contributed by atoms with E-state index in [1.807, 2.05) is 6.07 Å². The fourth-order valence-corrected chi connectivity index (χ4v) is 1.91. The van der Waals surface area contributed by atoms with E-state index in [4.69, 9.17) is 4.74 Å². The number of hydrogen-bond acceptors (Lipinski definition) is 5. The number of ether oxygens (including phenoxy) is 1. The van der Waals surface area contributed by atoms with E-state index >= 15 is 0 Å². The van der Waals surface area contributed by atoms with Crippen LogP contribution in [-0.4, -0.2) is 54.3 Å². The summed E-state index contributed by atoms with van der Waals surface area (Å²) in [6, 6.07) is 1.87. The molecule has 0 bridgehead atoms. The van der Waals surface area contributed by atoms with Crippen molar-refractivity contribution < 1.29 is 4.74 Å². The van der Waals surface area contributed by atoms with E-state index in [9.17, 15) is 0 Å². The SMILES string of the molecule is Brc1cc(NCCN2CCOCC2)ncn1. The molecule has 0 saturated carbocycles. The molecule has 1 aromatic heterocycles. The minimum Gasteiger partial charge on any atom is -0.379 e. The Hall–Kier alpha value is -0.720. The molecule has 0 atom stereocenters. The third-order valence-corrected chi connectivity index (χ3v) is 2.91. The Labute approximate surface area is 103 Å². The first-order valence-electron chi connectivity index (χ1n) is 5.36. The molecule has 2 heterocycles. The van der Waals surface area contributed by atoms with Gasteiger partial charge < -0.3 is 10.1 Å². The summed E-state index contributed by atoms with van der Waals surface area (Å²) in [6.07, 6.45) is 1.54. The average molecular weight is 287 g/mol. The number of nitrogens with zero attached hydrogens (tertiary/aromatic N) is 3. The fourth-order valence-electron chi connectivity index (χ4n) is 1.60. The van der Waals surface area contributed by atoms with Crippen LogP contribution in [0.15, 0.2) is 17.0 Å². The number of nitrogens with one attached hydrogen (secondary N) is 1. The molecule has 5 nitrogen and oxygen atoms in total. The predicted molar refractivity (Wildman–Crippen MR) is 65.5 cm³/mol. The van der Waals surface area contributed by atoms with Gasteiger partial charge in [0.25, 0.3) is 0 Å². The van der Waals surface area contributed by atoms with Crippen molar-refractivity contribution in [3.63, 3.8) is 0 Å². The lowest BCUT2D eigenvalue weighted by molar-refractivity contribution is 0.0398. The highest BCUT2D eigenvalue weighted by molar-refractivity contribution is 9.10. The highest BCUT2D eigenvalue weighted by Crippen LogP contribution is 2.09. The van der Waals surface area contributed by atoms with Crippen molar-refractivity contribution >= 4 is 21.7 Å². The van der Waals surface area contributed by atoms with Gasteiger partial charge in [0.2, 0.25) is 0 Å². The Balaban J connectivity index is 1.71. The van der Waals surface area contributed by atoms with Crippen molar-refractivity contribution in [2.45, 2.75) is 0 Å². The molecule has 0 aliphatic carbocycles. The summed E-state index contributed by atoms with van der Waals surface area (Å²) in [7, 11) is 0. The van der Waals surface area contributed by atoms with Crippen LogP contribution in [0.1, 0.15) is 0 Å². The van der Waals surface area contributed by atoms with Crippen LogP contribution in [0.4, 0.5) is 5.82 Å². The summed E-state index contributed by atoms with van der Waals surface area (Å²) in [4.78, 5) is 10.5. The van der Waals surface area contributed by atoms with Gasteiger partial charge in [-0.05, 0) is 15.9 Å². The topological polar surface area (TPSA) is 50.3 Å². The Morgan fingerprint density at radius 3 is 2.94 bits per heavy atom.